The van der Waals surface area contributed by atoms with E-state index in [-0.39, 0.29) is 16.6 Å². The fourth-order valence-electron chi connectivity index (χ4n) is 1.81. The van der Waals surface area contributed by atoms with Crippen LogP contribution in [0.5, 0.6) is 0 Å². The number of amides is 1. The van der Waals surface area contributed by atoms with Crippen LogP contribution in [0.2, 0.25) is 5.02 Å². The van der Waals surface area contributed by atoms with Crippen molar-refractivity contribution >= 4 is 23.5 Å². The van der Waals surface area contributed by atoms with Gasteiger partial charge in [0.25, 0.3) is 5.91 Å². The molecule has 116 valence electrons. The second-order valence-corrected chi connectivity index (χ2v) is 4.88. The lowest BCUT2D eigenvalue weighted by Crippen LogP contribution is -2.25. The van der Waals surface area contributed by atoms with Crippen LogP contribution in [0.15, 0.2) is 18.2 Å². The van der Waals surface area contributed by atoms with Crippen molar-refractivity contribution in [1.29, 1.82) is 0 Å². The van der Waals surface area contributed by atoms with Gasteiger partial charge in [-0.05, 0) is 31.9 Å². The number of hydrogen-bond donors (Lipinski definition) is 1. The summed E-state index contributed by atoms with van der Waals surface area (Å²) in [5, 5.41) is 2.71. The number of hydrogen-bond acceptors (Lipinski definition) is 3. The van der Waals surface area contributed by atoms with Gasteiger partial charge in [-0.3, -0.25) is 9.59 Å². The van der Waals surface area contributed by atoms with Gasteiger partial charge in [-0.2, -0.15) is 0 Å². The molecule has 6 heteroatoms. The Labute approximate surface area is 128 Å². The summed E-state index contributed by atoms with van der Waals surface area (Å²) in [4.78, 5) is 22.9. The minimum Gasteiger partial charge on any atom is -0.466 e. The molecule has 0 saturated carbocycles. The molecule has 21 heavy (non-hydrogen) atoms. The molecule has 0 aromatic heterocycles. The SMILES string of the molecule is CCOC(=O)CCCCCNC(=O)c1c(F)cccc1Cl. The van der Waals surface area contributed by atoms with Crippen LogP contribution in [-0.2, 0) is 9.53 Å². The van der Waals surface area contributed by atoms with Crippen molar-refractivity contribution in [3.05, 3.63) is 34.6 Å². The molecule has 0 aliphatic heterocycles. The smallest absolute Gasteiger partial charge is 0.305 e. The Bertz CT molecular complexity index is 474. The van der Waals surface area contributed by atoms with E-state index in [1.165, 1.54) is 18.2 Å². The molecule has 1 rings (SSSR count). The highest BCUT2D eigenvalue weighted by Gasteiger charge is 2.14. The van der Waals surface area contributed by atoms with Gasteiger partial charge < -0.3 is 10.1 Å². The molecule has 0 atom stereocenters. The van der Waals surface area contributed by atoms with E-state index >= 15 is 0 Å². The molecule has 0 aliphatic carbocycles. The molecule has 0 fully saturated rings. The van der Waals surface area contributed by atoms with E-state index in [4.69, 9.17) is 16.3 Å². The summed E-state index contributed by atoms with van der Waals surface area (Å²) in [7, 11) is 0. The van der Waals surface area contributed by atoms with Crippen LogP contribution in [0.4, 0.5) is 4.39 Å². The third-order valence-electron chi connectivity index (χ3n) is 2.84. The number of halogens is 2. The number of benzene rings is 1. The number of ether oxygens (including phenoxy) is 1. The maximum absolute atomic E-state index is 13.5. The van der Waals surface area contributed by atoms with Crippen LogP contribution >= 0.6 is 11.6 Å². The number of nitrogens with one attached hydrogen (secondary N) is 1. The van der Waals surface area contributed by atoms with Crippen molar-refractivity contribution in [1.82, 2.24) is 5.32 Å². The van der Waals surface area contributed by atoms with E-state index in [0.717, 1.165) is 6.42 Å². The molecule has 1 aromatic rings. The van der Waals surface area contributed by atoms with E-state index in [0.29, 0.717) is 32.4 Å². The van der Waals surface area contributed by atoms with Gasteiger partial charge in [0.1, 0.15) is 5.82 Å². The van der Waals surface area contributed by atoms with Crippen molar-refractivity contribution in [2.75, 3.05) is 13.2 Å². The monoisotopic (exact) mass is 315 g/mol. The fraction of sp³-hybridized carbons (Fsp3) is 0.467. The van der Waals surface area contributed by atoms with Crippen LogP contribution in [0.1, 0.15) is 43.0 Å². The minimum atomic E-state index is -0.637. The number of carbonyl (C=O) groups excluding carboxylic acids is 2. The normalized spacial score (nSPS) is 10.2. The molecule has 0 spiro atoms. The van der Waals surface area contributed by atoms with Crippen LogP contribution in [-0.4, -0.2) is 25.0 Å². The van der Waals surface area contributed by atoms with Gasteiger partial charge in [0.05, 0.1) is 17.2 Å². The van der Waals surface area contributed by atoms with E-state index < -0.39 is 11.7 Å². The largest absolute Gasteiger partial charge is 0.466 e. The summed E-state index contributed by atoms with van der Waals surface area (Å²) in [6, 6.07) is 4.11. The molecule has 1 amide bonds. The second kappa shape index (κ2) is 9.34. The zero-order chi connectivity index (χ0) is 15.7. The Morgan fingerprint density at radius 1 is 1.29 bits per heavy atom. The molecular weight excluding hydrogens is 297 g/mol. The number of carbonyl (C=O) groups is 2. The minimum absolute atomic E-state index is 0.0924. The molecule has 0 aliphatic rings. The van der Waals surface area contributed by atoms with Crippen LogP contribution < -0.4 is 5.32 Å². The van der Waals surface area contributed by atoms with Gasteiger partial charge in [0, 0.05) is 13.0 Å². The van der Waals surface area contributed by atoms with E-state index in [2.05, 4.69) is 5.32 Å². The van der Waals surface area contributed by atoms with Crippen molar-refractivity contribution in [3.8, 4) is 0 Å². The first-order chi connectivity index (χ1) is 10.1. The third kappa shape index (κ3) is 6.12. The average Bonchev–Trinajstić information content (AvgIpc) is 2.42. The van der Waals surface area contributed by atoms with Gasteiger partial charge in [-0.25, -0.2) is 4.39 Å². The predicted octanol–water partition coefficient (Wildman–Crippen LogP) is 3.33. The molecule has 0 saturated heterocycles. The van der Waals surface area contributed by atoms with Crippen LogP contribution in [0, 0.1) is 5.82 Å². The molecule has 1 aromatic carbocycles. The zero-order valence-corrected chi connectivity index (χ0v) is 12.7. The quantitative estimate of drug-likeness (QED) is 0.591. The lowest BCUT2D eigenvalue weighted by molar-refractivity contribution is -0.143. The lowest BCUT2D eigenvalue weighted by atomic mass is 10.1. The number of rotatable bonds is 8. The first-order valence-corrected chi connectivity index (χ1v) is 7.32. The summed E-state index contributed by atoms with van der Waals surface area (Å²) < 4.78 is 18.3. The lowest BCUT2D eigenvalue weighted by Gasteiger charge is -2.07. The Hall–Kier alpha value is -1.62. The molecule has 0 heterocycles. The van der Waals surface area contributed by atoms with Gasteiger partial charge in [-0.15, -0.1) is 0 Å². The first kappa shape index (κ1) is 17.4. The second-order valence-electron chi connectivity index (χ2n) is 4.47. The van der Waals surface area contributed by atoms with E-state index in [1.807, 2.05) is 0 Å². The third-order valence-corrected chi connectivity index (χ3v) is 3.15. The maximum atomic E-state index is 13.5. The fourth-order valence-corrected chi connectivity index (χ4v) is 2.06. The summed E-state index contributed by atoms with van der Waals surface area (Å²) >= 11 is 5.80. The number of esters is 1. The Morgan fingerprint density at radius 2 is 2.05 bits per heavy atom. The Balaban J connectivity index is 2.24. The van der Waals surface area contributed by atoms with Gasteiger partial charge in [-0.1, -0.05) is 24.1 Å². The highest BCUT2D eigenvalue weighted by molar-refractivity contribution is 6.33. The van der Waals surface area contributed by atoms with Crippen molar-refractivity contribution in [2.24, 2.45) is 0 Å². The van der Waals surface area contributed by atoms with Crippen LogP contribution in [0.3, 0.4) is 0 Å². The summed E-state index contributed by atoms with van der Waals surface area (Å²) in [6.07, 6.45) is 2.57. The van der Waals surface area contributed by atoms with Gasteiger partial charge >= 0.3 is 5.97 Å². The molecular formula is C15H19ClFNO3. The highest BCUT2D eigenvalue weighted by Crippen LogP contribution is 2.18. The zero-order valence-electron chi connectivity index (χ0n) is 12.0. The molecule has 4 nitrogen and oxygen atoms in total. The van der Waals surface area contributed by atoms with Gasteiger partial charge in [0.2, 0.25) is 0 Å². The Kier molecular flexibility index (Phi) is 7.75. The number of unbranched alkanes of at least 4 members (excludes halogenated alkanes) is 2. The summed E-state index contributed by atoms with van der Waals surface area (Å²) in [6.45, 7) is 2.56. The van der Waals surface area contributed by atoms with Crippen molar-refractivity contribution in [2.45, 2.75) is 32.6 Å². The molecule has 1 N–H and O–H groups in total. The van der Waals surface area contributed by atoms with Crippen molar-refractivity contribution in [3.63, 3.8) is 0 Å². The van der Waals surface area contributed by atoms with Crippen molar-refractivity contribution < 1.29 is 18.7 Å². The predicted molar refractivity (Wildman–Crippen MR) is 78.8 cm³/mol. The summed E-state index contributed by atoms with van der Waals surface area (Å²) in [5.74, 6) is -1.37. The first-order valence-electron chi connectivity index (χ1n) is 6.94. The maximum Gasteiger partial charge on any atom is 0.305 e. The van der Waals surface area contributed by atoms with E-state index in [1.54, 1.807) is 6.92 Å². The standard InChI is InChI=1S/C15H19ClFNO3/c1-2-21-13(19)9-4-3-5-10-18-15(20)14-11(16)7-6-8-12(14)17/h6-8H,2-5,9-10H2,1H3,(H,18,20). The molecule has 0 radical (unpaired) electrons. The van der Waals surface area contributed by atoms with Crippen LogP contribution in [0.25, 0.3) is 0 Å². The summed E-state index contributed by atoms with van der Waals surface area (Å²) in [5.41, 5.74) is -0.134. The molecule has 0 bridgehead atoms. The van der Waals surface area contributed by atoms with Gasteiger partial charge in [0.15, 0.2) is 0 Å². The highest BCUT2D eigenvalue weighted by atomic mass is 35.5. The van der Waals surface area contributed by atoms with E-state index in [9.17, 15) is 14.0 Å². The topological polar surface area (TPSA) is 55.4 Å². The average molecular weight is 316 g/mol. The Morgan fingerprint density at radius 3 is 2.71 bits per heavy atom. The molecule has 0 unspecified atom stereocenters.